The minimum absolute atomic E-state index is 0.00181. The van der Waals surface area contributed by atoms with Crippen molar-refractivity contribution >= 4 is 28.3 Å². The summed E-state index contributed by atoms with van der Waals surface area (Å²) in [4.78, 5) is 13.5. The monoisotopic (exact) mass is 445 g/mol. The van der Waals surface area contributed by atoms with E-state index in [0.29, 0.717) is 33.7 Å². The third-order valence-corrected chi connectivity index (χ3v) is 6.42. The van der Waals surface area contributed by atoms with Crippen molar-refractivity contribution in [3.63, 3.8) is 0 Å². The fraction of sp³-hybridized carbons (Fsp3) is 0.222. The molecule has 0 unspecified atom stereocenters. The van der Waals surface area contributed by atoms with Crippen molar-refractivity contribution in [2.45, 2.75) is 31.7 Å². The predicted molar refractivity (Wildman–Crippen MR) is 127 cm³/mol. The molecule has 0 radical (unpaired) electrons. The third kappa shape index (κ3) is 3.98. The van der Waals surface area contributed by atoms with Crippen LogP contribution in [0.15, 0.2) is 72.9 Å². The highest BCUT2D eigenvalue weighted by atomic mass is 35.5. The van der Waals surface area contributed by atoms with E-state index < -0.39 is 0 Å². The van der Waals surface area contributed by atoms with Gasteiger partial charge in [-0.1, -0.05) is 24.4 Å². The van der Waals surface area contributed by atoms with Crippen LogP contribution in [0.4, 0.5) is 0 Å². The first kappa shape index (κ1) is 20.7. The van der Waals surface area contributed by atoms with Crippen LogP contribution >= 0.6 is 11.6 Å². The molecular formula is C27H24ClNO3. The zero-order valence-electron chi connectivity index (χ0n) is 17.9. The normalized spacial score (nSPS) is 14.1. The number of fused-ring (bicyclic) bond motifs is 1. The lowest BCUT2D eigenvalue weighted by atomic mass is 10.0. The van der Waals surface area contributed by atoms with E-state index in [1.807, 2.05) is 54.7 Å². The van der Waals surface area contributed by atoms with Crippen LogP contribution in [-0.4, -0.2) is 17.5 Å². The maximum Gasteiger partial charge on any atom is 0.195 e. The molecule has 162 valence electrons. The average Bonchev–Trinajstić information content (AvgIpc) is 3.48. The summed E-state index contributed by atoms with van der Waals surface area (Å²) in [6, 6.07) is 20.9. The molecule has 5 rings (SSSR count). The molecule has 5 heteroatoms. The second-order valence-corrected chi connectivity index (χ2v) is 8.62. The number of halogens is 1. The molecule has 0 saturated heterocycles. The van der Waals surface area contributed by atoms with E-state index in [0.717, 1.165) is 29.5 Å². The molecule has 4 nitrogen and oxygen atoms in total. The van der Waals surface area contributed by atoms with Crippen molar-refractivity contribution in [3.8, 4) is 17.2 Å². The van der Waals surface area contributed by atoms with Crippen molar-refractivity contribution in [3.05, 3.63) is 89.1 Å². The van der Waals surface area contributed by atoms with Crippen molar-refractivity contribution < 1.29 is 14.3 Å². The topological polar surface area (TPSA) is 40.5 Å². The fourth-order valence-corrected chi connectivity index (χ4v) is 4.63. The molecule has 1 fully saturated rings. The number of methoxy groups -OCH3 is 1. The highest BCUT2D eigenvalue weighted by Crippen LogP contribution is 2.37. The van der Waals surface area contributed by atoms with E-state index in [1.165, 1.54) is 12.8 Å². The molecule has 0 atom stereocenters. The molecule has 1 heterocycles. The number of hydrogen-bond donors (Lipinski definition) is 0. The lowest BCUT2D eigenvalue weighted by Crippen LogP contribution is -2.04. The fourth-order valence-electron chi connectivity index (χ4n) is 4.50. The molecule has 4 aromatic rings. The lowest BCUT2D eigenvalue weighted by molar-refractivity contribution is 0.104. The number of hydrogen-bond acceptors (Lipinski definition) is 3. The second kappa shape index (κ2) is 8.71. The van der Waals surface area contributed by atoms with Gasteiger partial charge >= 0.3 is 0 Å². The quantitative estimate of drug-likeness (QED) is 0.289. The van der Waals surface area contributed by atoms with Crippen LogP contribution in [0, 0.1) is 0 Å². The molecule has 0 amide bonds. The number of aromatic nitrogens is 1. The van der Waals surface area contributed by atoms with Gasteiger partial charge in [-0.25, -0.2) is 0 Å². The van der Waals surface area contributed by atoms with E-state index in [2.05, 4.69) is 10.6 Å². The van der Waals surface area contributed by atoms with Gasteiger partial charge in [0.2, 0.25) is 0 Å². The van der Waals surface area contributed by atoms with Crippen molar-refractivity contribution in [2.24, 2.45) is 0 Å². The summed E-state index contributed by atoms with van der Waals surface area (Å²) in [5.74, 6) is 2.12. The predicted octanol–water partition coefficient (Wildman–Crippen LogP) is 7.44. The van der Waals surface area contributed by atoms with Gasteiger partial charge in [0.1, 0.15) is 17.2 Å². The standard InChI is InChI=1S/C27H24ClNO3/c1-31-21-10-6-18(7-11-21)27(30)25-17-29(20-4-2-3-5-20)26-15-14-23(16-24(25)26)32-22-12-8-19(28)9-13-22/h6-17,20H,2-5H2,1H3. The Labute approximate surface area is 192 Å². The van der Waals surface area contributed by atoms with Crippen molar-refractivity contribution in [2.75, 3.05) is 7.11 Å². The Hall–Kier alpha value is -3.24. The summed E-state index contributed by atoms with van der Waals surface area (Å²) in [5.41, 5.74) is 2.40. The lowest BCUT2D eigenvalue weighted by Gasteiger charge is -2.13. The summed E-state index contributed by atoms with van der Waals surface area (Å²) in [6.07, 6.45) is 6.76. The second-order valence-electron chi connectivity index (χ2n) is 8.18. The molecule has 1 aliphatic carbocycles. The Kier molecular flexibility index (Phi) is 5.62. The molecular weight excluding hydrogens is 422 g/mol. The zero-order chi connectivity index (χ0) is 22.1. The molecule has 1 saturated carbocycles. The van der Waals surface area contributed by atoms with Crippen LogP contribution in [0.25, 0.3) is 10.9 Å². The summed E-state index contributed by atoms with van der Waals surface area (Å²) in [6.45, 7) is 0. The first-order valence-electron chi connectivity index (χ1n) is 10.9. The summed E-state index contributed by atoms with van der Waals surface area (Å²) < 4.78 is 13.6. The maximum atomic E-state index is 13.5. The summed E-state index contributed by atoms with van der Waals surface area (Å²) in [7, 11) is 1.62. The summed E-state index contributed by atoms with van der Waals surface area (Å²) in [5, 5.41) is 1.57. The SMILES string of the molecule is COc1ccc(C(=O)c2cn(C3CCCC3)c3ccc(Oc4ccc(Cl)cc4)cc23)cc1. The Morgan fingerprint density at radius 1 is 0.906 bits per heavy atom. The van der Waals surface area contributed by atoms with Gasteiger partial charge in [0, 0.05) is 39.3 Å². The average molecular weight is 446 g/mol. The smallest absolute Gasteiger partial charge is 0.195 e. The molecule has 0 N–H and O–H groups in total. The molecule has 0 bridgehead atoms. The Bertz CT molecular complexity index is 1250. The Morgan fingerprint density at radius 2 is 1.56 bits per heavy atom. The van der Waals surface area contributed by atoms with Crippen LogP contribution in [0.5, 0.6) is 17.2 Å². The van der Waals surface area contributed by atoms with Gasteiger partial charge in [0.25, 0.3) is 0 Å². The van der Waals surface area contributed by atoms with Gasteiger partial charge in [-0.05, 0) is 79.6 Å². The van der Waals surface area contributed by atoms with E-state index >= 15 is 0 Å². The molecule has 0 spiro atoms. The van der Waals surface area contributed by atoms with E-state index in [1.54, 1.807) is 19.2 Å². The minimum atomic E-state index is -0.00181. The van der Waals surface area contributed by atoms with E-state index in [9.17, 15) is 4.79 Å². The van der Waals surface area contributed by atoms with Crippen molar-refractivity contribution in [1.82, 2.24) is 4.57 Å². The molecule has 0 aliphatic heterocycles. The summed E-state index contributed by atoms with van der Waals surface area (Å²) >= 11 is 5.99. The minimum Gasteiger partial charge on any atom is -0.497 e. The number of carbonyl (C=O) groups excluding carboxylic acids is 1. The van der Waals surface area contributed by atoms with Crippen molar-refractivity contribution in [1.29, 1.82) is 0 Å². The van der Waals surface area contributed by atoms with Gasteiger partial charge in [0.05, 0.1) is 7.11 Å². The number of carbonyl (C=O) groups is 1. The zero-order valence-corrected chi connectivity index (χ0v) is 18.6. The van der Waals surface area contributed by atoms with Gasteiger partial charge in [-0.15, -0.1) is 0 Å². The van der Waals surface area contributed by atoms with Gasteiger partial charge < -0.3 is 14.0 Å². The van der Waals surface area contributed by atoms with Crippen LogP contribution in [0.2, 0.25) is 5.02 Å². The van der Waals surface area contributed by atoms with E-state index in [4.69, 9.17) is 21.1 Å². The first-order valence-corrected chi connectivity index (χ1v) is 11.3. The van der Waals surface area contributed by atoms with Crippen LogP contribution < -0.4 is 9.47 Å². The first-order chi connectivity index (χ1) is 15.6. The van der Waals surface area contributed by atoms with Crippen LogP contribution in [0.3, 0.4) is 0 Å². The van der Waals surface area contributed by atoms with Crippen LogP contribution in [0.1, 0.15) is 47.6 Å². The van der Waals surface area contributed by atoms with Gasteiger partial charge in [-0.2, -0.15) is 0 Å². The van der Waals surface area contributed by atoms with Gasteiger partial charge in [-0.3, -0.25) is 4.79 Å². The number of rotatable bonds is 6. The molecule has 32 heavy (non-hydrogen) atoms. The highest BCUT2D eigenvalue weighted by molar-refractivity contribution is 6.30. The Morgan fingerprint density at radius 3 is 2.25 bits per heavy atom. The number of ketones is 1. The van der Waals surface area contributed by atoms with Gasteiger partial charge in [0.15, 0.2) is 5.78 Å². The number of ether oxygens (including phenoxy) is 2. The largest absolute Gasteiger partial charge is 0.497 e. The molecule has 3 aromatic carbocycles. The number of benzene rings is 3. The van der Waals surface area contributed by atoms with E-state index in [-0.39, 0.29) is 5.78 Å². The highest BCUT2D eigenvalue weighted by Gasteiger charge is 2.23. The maximum absolute atomic E-state index is 13.5. The van der Waals surface area contributed by atoms with Crippen LogP contribution in [-0.2, 0) is 0 Å². The number of nitrogens with zero attached hydrogens (tertiary/aromatic N) is 1. The third-order valence-electron chi connectivity index (χ3n) is 6.17. The molecule has 1 aliphatic rings. The Balaban J connectivity index is 1.57. The molecule has 1 aromatic heterocycles.